The van der Waals surface area contributed by atoms with Crippen LogP contribution in [-0.4, -0.2) is 27.3 Å². The van der Waals surface area contributed by atoms with Crippen molar-refractivity contribution in [2.24, 2.45) is 0 Å². The van der Waals surface area contributed by atoms with Crippen LogP contribution in [0.3, 0.4) is 0 Å². The molecule has 0 atom stereocenters. The molecule has 1 heterocycles. The van der Waals surface area contributed by atoms with E-state index in [2.05, 4.69) is 15.7 Å². The Morgan fingerprint density at radius 3 is 2.39 bits per heavy atom. The molecule has 0 saturated carbocycles. The summed E-state index contributed by atoms with van der Waals surface area (Å²) in [4.78, 5) is 40.8. The highest BCUT2D eigenvalue weighted by Gasteiger charge is 2.16. The number of nitrogens with one attached hydrogen (secondary N) is 2. The zero-order valence-corrected chi connectivity index (χ0v) is 15.7. The van der Waals surface area contributed by atoms with Crippen LogP contribution in [0.25, 0.3) is 10.9 Å². The minimum atomic E-state index is -0.606. The Morgan fingerprint density at radius 1 is 1.04 bits per heavy atom. The van der Waals surface area contributed by atoms with Crippen molar-refractivity contribution >= 4 is 28.6 Å². The third-order valence-corrected chi connectivity index (χ3v) is 3.68. The van der Waals surface area contributed by atoms with Crippen molar-refractivity contribution in [3.63, 3.8) is 0 Å². The number of anilines is 1. The third kappa shape index (κ3) is 4.53. The van der Waals surface area contributed by atoms with Crippen molar-refractivity contribution in [2.45, 2.75) is 26.4 Å². The highest BCUT2D eigenvalue weighted by atomic mass is 16.6. The largest absolute Gasteiger partial charge is 0.444 e. The van der Waals surface area contributed by atoms with Gasteiger partial charge in [-0.2, -0.15) is 0 Å². The van der Waals surface area contributed by atoms with Gasteiger partial charge in [0.25, 0.3) is 11.5 Å². The maximum Gasteiger partial charge on any atom is 0.412 e. The first-order valence-electron chi connectivity index (χ1n) is 8.61. The lowest BCUT2D eigenvalue weighted by molar-refractivity contribution is 0.0636. The normalized spacial score (nSPS) is 11.1. The molecular weight excluding hydrogens is 360 g/mol. The van der Waals surface area contributed by atoms with Crippen LogP contribution >= 0.6 is 0 Å². The predicted octanol–water partition coefficient (Wildman–Crippen LogP) is 3.13. The Bertz CT molecular complexity index is 1080. The second kappa shape index (κ2) is 7.51. The molecule has 0 saturated heterocycles. The van der Waals surface area contributed by atoms with E-state index in [9.17, 15) is 14.4 Å². The molecule has 144 valence electrons. The van der Waals surface area contributed by atoms with Gasteiger partial charge in [0.05, 0.1) is 10.9 Å². The molecule has 8 nitrogen and oxygen atoms in total. The number of para-hydroxylation sites is 1. The van der Waals surface area contributed by atoms with Crippen molar-refractivity contribution in [1.29, 1.82) is 0 Å². The molecule has 0 unspecified atom stereocenters. The number of nitrogens with zero attached hydrogens (tertiary/aromatic N) is 2. The molecule has 0 aliphatic carbocycles. The third-order valence-electron chi connectivity index (χ3n) is 3.68. The highest BCUT2D eigenvalue weighted by molar-refractivity contribution is 6.00. The Kier molecular flexibility index (Phi) is 5.12. The van der Waals surface area contributed by atoms with Gasteiger partial charge in [-0.05, 0) is 57.2 Å². The first-order chi connectivity index (χ1) is 13.2. The van der Waals surface area contributed by atoms with Crippen LogP contribution in [0.4, 0.5) is 10.5 Å². The van der Waals surface area contributed by atoms with Crippen molar-refractivity contribution < 1.29 is 14.3 Å². The van der Waals surface area contributed by atoms with Crippen LogP contribution in [0.5, 0.6) is 0 Å². The molecule has 1 aromatic heterocycles. The van der Waals surface area contributed by atoms with Crippen LogP contribution in [0.2, 0.25) is 0 Å². The summed E-state index contributed by atoms with van der Waals surface area (Å²) in [6, 6.07) is 13.1. The monoisotopic (exact) mass is 380 g/mol. The van der Waals surface area contributed by atoms with Gasteiger partial charge in [-0.15, -0.1) is 0 Å². The standard InChI is InChI=1S/C20H20N4O4/c1-20(2,3)28-19(27)22-14-10-8-13(9-11-14)17(25)23-24-12-21-16-7-5-4-6-15(16)18(24)26/h4-12H,1-3H3,(H,22,27)(H,23,25). The summed E-state index contributed by atoms with van der Waals surface area (Å²) < 4.78 is 6.21. The van der Waals surface area contributed by atoms with E-state index in [1.165, 1.54) is 18.5 Å². The second-order valence-electron chi connectivity index (χ2n) is 7.08. The van der Waals surface area contributed by atoms with Gasteiger partial charge < -0.3 is 4.74 Å². The fraction of sp³-hybridized carbons (Fsp3) is 0.200. The number of aromatic nitrogens is 2. The van der Waals surface area contributed by atoms with Crippen molar-refractivity contribution in [1.82, 2.24) is 9.66 Å². The van der Waals surface area contributed by atoms with Gasteiger partial charge in [0.2, 0.25) is 0 Å². The van der Waals surface area contributed by atoms with Gasteiger partial charge in [-0.3, -0.25) is 20.3 Å². The molecule has 0 radical (unpaired) electrons. The summed E-state index contributed by atoms with van der Waals surface area (Å²) in [6.45, 7) is 5.30. The van der Waals surface area contributed by atoms with E-state index < -0.39 is 17.6 Å². The van der Waals surface area contributed by atoms with Crippen LogP contribution < -0.4 is 16.3 Å². The molecule has 0 aliphatic heterocycles. The topological polar surface area (TPSA) is 102 Å². The van der Waals surface area contributed by atoms with Crippen LogP contribution in [0, 0.1) is 0 Å². The summed E-state index contributed by atoms with van der Waals surface area (Å²) in [7, 11) is 0. The molecule has 0 spiro atoms. The van der Waals surface area contributed by atoms with E-state index in [1.807, 2.05) is 0 Å². The molecule has 0 aliphatic rings. The number of benzene rings is 2. The summed E-state index contributed by atoms with van der Waals surface area (Å²) in [5.41, 5.74) is 2.87. The molecule has 0 fully saturated rings. The predicted molar refractivity (Wildman–Crippen MR) is 106 cm³/mol. The fourth-order valence-corrected chi connectivity index (χ4v) is 2.45. The van der Waals surface area contributed by atoms with Gasteiger partial charge in [0, 0.05) is 11.3 Å². The molecule has 3 rings (SSSR count). The quantitative estimate of drug-likeness (QED) is 0.727. The summed E-state index contributed by atoms with van der Waals surface area (Å²) in [6.07, 6.45) is 0.680. The number of carbonyl (C=O) groups is 2. The summed E-state index contributed by atoms with van der Waals surface area (Å²) in [5, 5.41) is 2.99. The number of hydrogen-bond acceptors (Lipinski definition) is 5. The Hall–Kier alpha value is -3.68. The number of fused-ring (bicyclic) bond motifs is 1. The maximum atomic E-state index is 12.4. The van der Waals surface area contributed by atoms with Crippen molar-refractivity contribution in [2.75, 3.05) is 10.7 Å². The Labute approximate surface area is 161 Å². The van der Waals surface area contributed by atoms with E-state index in [4.69, 9.17) is 4.74 Å². The van der Waals surface area contributed by atoms with E-state index in [1.54, 1.807) is 57.2 Å². The minimum absolute atomic E-state index is 0.315. The average molecular weight is 380 g/mol. The zero-order valence-electron chi connectivity index (χ0n) is 15.7. The molecule has 28 heavy (non-hydrogen) atoms. The first-order valence-corrected chi connectivity index (χ1v) is 8.61. The number of hydrogen-bond donors (Lipinski definition) is 2. The number of carbonyl (C=O) groups excluding carboxylic acids is 2. The van der Waals surface area contributed by atoms with Crippen molar-refractivity contribution in [3.8, 4) is 0 Å². The SMILES string of the molecule is CC(C)(C)OC(=O)Nc1ccc(C(=O)Nn2cnc3ccccc3c2=O)cc1. The van der Waals surface area contributed by atoms with Gasteiger partial charge in [-0.1, -0.05) is 12.1 Å². The maximum absolute atomic E-state index is 12.4. The van der Waals surface area contributed by atoms with E-state index in [0.717, 1.165) is 4.68 Å². The van der Waals surface area contributed by atoms with Gasteiger partial charge in [0.15, 0.2) is 0 Å². The Morgan fingerprint density at radius 2 is 1.71 bits per heavy atom. The van der Waals surface area contributed by atoms with Crippen LogP contribution in [-0.2, 0) is 4.74 Å². The van der Waals surface area contributed by atoms with Crippen molar-refractivity contribution in [3.05, 3.63) is 70.8 Å². The lowest BCUT2D eigenvalue weighted by Gasteiger charge is -2.19. The molecule has 2 aromatic carbocycles. The number of rotatable bonds is 3. The Balaban J connectivity index is 1.71. The van der Waals surface area contributed by atoms with Gasteiger partial charge >= 0.3 is 6.09 Å². The van der Waals surface area contributed by atoms with Crippen LogP contribution in [0.1, 0.15) is 31.1 Å². The minimum Gasteiger partial charge on any atom is -0.444 e. The first kappa shape index (κ1) is 19.1. The lowest BCUT2D eigenvalue weighted by atomic mass is 10.2. The number of amides is 2. The molecule has 2 N–H and O–H groups in total. The van der Waals surface area contributed by atoms with Gasteiger partial charge in [-0.25, -0.2) is 14.5 Å². The highest BCUT2D eigenvalue weighted by Crippen LogP contribution is 2.13. The van der Waals surface area contributed by atoms with E-state index in [0.29, 0.717) is 22.2 Å². The summed E-state index contributed by atoms with van der Waals surface area (Å²) >= 11 is 0. The summed E-state index contributed by atoms with van der Waals surface area (Å²) in [5.74, 6) is -0.483. The average Bonchev–Trinajstić information content (AvgIpc) is 2.63. The molecular formula is C20H20N4O4. The van der Waals surface area contributed by atoms with Gasteiger partial charge in [0.1, 0.15) is 11.9 Å². The smallest absolute Gasteiger partial charge is 0.412 e. The lowest BCUT2D eigenvalue weighted by Crippen LogP contribution is -2.33. The fourth-order valence-electron chi connectivity index (χ4n) is 2.45. The molecule has 2 amide bonds. The van der Waals surface area contributed by atoms with E-state index >= 15 is 0 Å². The second-order valence-corrected chi connectivity index (χ2v) is 7.08. The molecule has 3 aromatic rings. The molecule has 8 heteroatoms. The number of ether oxygens (including phenoxy) is 1. The molecule has 0 bridgehead atoms. The van der Waals surface area contributed by atoms with Crippen LogP contribution in [0.15, 0.2) is 59.7 Å². The zero-order chi connectivity index (χ0) is 20.3. The van der Waals surface area contributed by atoms with E-state index in [-0.39, 0.29) is 5.56 Å².